The van der Waals surface area contributed by atoms with Crippen molar-refractivity contribution < 1.29 is 18.7 Å². The number of ether oxygens (including phenoxy) is 1. The molecule has 1 N–H and O–H groups in total. The topological polar surface area (TPSA) is 68.3 Å². The van der Waals surface area contributed by atoms with Crippen molar-refractivity contribution in [3.63, 3.8) is 0 Å². The molecule has 0 aliphatic heterocycles. The number of pyridine rings is 1. The summed E-state index contributed by atoms with van der Waals surface area (Å²) in [6.45, 7) is 5.37. The molecule has 0 atom stereocenters. The number of methoxy groups -OCH3 is 1. The highest BCUT2D eigenvalue weighted by Gasteiger charge is 2.18. The van der Waals surface area contributed by atoms with Crippen LogP contribution in [0.5, 0.6) is 0 Å². The van der Waals surface area contributed by atoms with Gasteiger partial charge in [-0.15, -0.1) is 0 Å². The number of nitrogens with zero attached hydrogens (tertiary/aromatic N) is 1. The van der Waals surface area contributed by atoms with Gasteiger partial charge in [-0.2, -0.15) is 0 Å². The van der Waals surface area contributed by atoms with E-state index >= 15 is 0 Å². The largest absolute Gasteiger partial charge is 0.465 e. The van der Waals surface area contributed by atoms with Gasteiger partial charge in [-0.05, 0) is 61.7 Å². The monoisotopic (exact) mass is 392 g/mol. The molecule has 1 amide bonds. The van der Waals surface area contributed by atoms with Gasteiger partial charge in [0.05, 0.1) is 18.4 Å². The van der Waals surface area contributed by atoms with Crippen molar-refractivity contribution in [1.29, 1.82) is 0 Å². The Kier molecular flexibility index (Phi) is 5.73. The van der Waals surface area contributed by atoms with Crippen LogP contribution in [-0.4, -0.2) is 24.0 Å². The zero-order valence-electron chi connectivity index (χ0n) is 16.7. The fourth-order valence-electron chi connectivity index (χ4n) is 3.11. The number of esters is 1. The third-order valence-electron chi connectivity index (χ3n) is 4.75. The normalized spacial score (nSPS) is 10.5. The smallest absolute Gasteiger partial charge is 0.338 e. The first-order valence-corrected chi connectivity index (χ1v) is 9.05. The lowest BCUT2D eigenvalue weighted by Crippen LogP contribution is -2.18. The number of carbonyl (C=O) groups is 2. The van der Waals surface area contributed by atoms with Crippen LogP contribution in [0.2, 0.25) is 0 Å². The van der Waals surface area contributed by atoms with Crippen LogP contribution in [0.4, 0.5) is 10.1 Å². The summed E-state index contributed by atoms with van der Waals surface area (Å²) in [5.41, 5.74) is 4.33. The van der Waals surface area contributed by atoms with Crippen LogP contribution in [0.1, 0.15) is 37.5 Å². The summed E-state index contributed by atoms with van der Waals surface area (Å²) in [6, 6.07) is 13.0. The van der Waals surface area contributed by atoms with Crippen molar-refractivity contribution in [3.8, 4) is 11.3 Å². The highest BCUT2D eigenvalue weighted by molar-refractivity contribution is 6.06. The van der Waals surface area contributed by atoms with Crippen LogP contribution in [0.15, 0.2) is 48.5 Å². The molecule has 0 spiro atoms. The first-order valence-electron chi connectivity index (χ1n) is 9.05. The molecule has 148 valence electrons. The lowest BCUT2D eigenvalue weighted by molar-refractivity contribution is 0.0599. The molecule has 0 unspecified atom stereocenters. The molecule has 3 rings (SSSR count). The third-order valence-corrected chi connectivity index (χ3v) is 4.75. The van der Waals surface area contributed by atoms with E-state index in [9.17, 15) is 14.0 Å². The molecule has 5 nitrogen and oxygen atoms in total. The highest BCUT2D eigenvalue weighted by atomic mass is 19.1. The second-order valence-electron chi connectivity index (χ2n) is 6.75. The van der Waals surface area contributed by atoms with Gasteiger partial charge in [0.1, 0.15) is 11.5 Å². The zero-order chi connectivity index (χ0) is 21.1. The minimum absolute atomic E-state index is 0.231. The Morgan fingerprint density at radius 3 is 2.41 bits per heavy atom. The van der Waals surface area contributed by atoms with Gasteiger partial charge in [0.25, 0.3) is 5.91 Å². The van der Waals surface area contributed by atoms with E-state index in [2.05, 4.69) is 10.3 Å². The summed E-state index contributed by atoms with van der Waals surface area (Å²) < 4.78 is 18.4. The molecule has 3 aromatic rings. The highest BCUT2D eigenvalue weighted by Crippen LogP contribution is 2.26. The second-order valence-corrected chi connectivity index (χ2v) is 6.75. The Balaban J connectivity index is 1.98. The van der Waals surface area contributed by atoms with Gasteiger partial charge in [-0.3, -0.25) is 4.79 Å². The minimum Gasteiger partial charge on any atom is -0.465 e. The first kappa shape index (κ1) is 20.2. The number of nitrogens with one attached hydrogen (secondary N) is 1. The maximum absolute atomic E-state index is 13.6. The fourth-order valence-corrected chi connectivity index (χ4v) is 3.11. The molecule has 0 aliphatic carbocycles. The number of hydrogen-bond acceptors (Lipinski definition) is 4. The molecule has 0 radical (unpaired) electrons. The van der Waals surface area contributed by atoms with Crippen molar-refractivity contribution in [1.82, 2.24) is 4.98 Å². The van der Waals surface area contributed by atoms with E-state index in [4.69, 9.17) is 4.74 Å². The van der Waals surface area contributed by atoms with Gasteiger partial charge in [-0.25, -0.2) is 14.2 Å². The number of benzene rings is 2. The molecule has 29 heavy (non-hydrogen) atoms. The van der Waals surface area contributed by atoms with Gasteiger partial charge in [-0.1, -0.05) is 24.3 Å². The van der Waals surface area contributed by atoms with Gasteiger partial charge in [0.15, 0.2) is 0 Å². The molecule has 0 saturated carbocycles. The van der Waals surface area contributed by atoms with Crippen molar-refractivity contribution in [2.24, 2.45) is 0 Å². The number of amides is 1. The SMILES string of the molecule is COC(=O)c1ccc(C)c(NC(=O)c2nc(-c3cccc(F)c3)ccc2C)c1C. The van der Waals surface area contributed by atoms with Crippen LogP contribution in [0.25, 0.3) is 11.3 Å². The van der Waals surface area contributed by atoms with Crippen molar-refractivity contribution in [2.75, 3.05) is 12.4 Å². The maximum atomic E-state index is 13.6. The third kappa shape index (κ3) is 4.16. The fraction of sp³-hybridized carbons (Fsp3) is 0.174. The van der Waals surface area contributed by atoms with E-state index < -0.39 is 11.9 Å². The average molecular weight is 392 g/mol. The summed E-state index contributed by atoms with van der Waals surface area (Å²) in [5, 5.41) is 2.86. The Morgan fingerprint density at radius 1 is 1.00 bits per heavy atom. The molecule has 0 bridgehead atoms. The number of aryl methyl sites for hydroxylation is 2. The predicted octanol–water partition coefficient (Wildman–Crippen LogP) is 4.85. The number of aromatic nitrogens is 1. The van der Waals surface area contributed by atoms with Crippen LogP contribution in [-0.2, 0) is 4.74 Å². The molecule has 0 fully saturated rings. The number of carbonyl (C=O) groups excluding carboxylic acids is 2. The summed E-state index contributed by atoms with van der Waals surface area (Å²) in [7, 11) is 1.31. The Bertz CT molecular complexity index is 1110. The standard InChI is InChI=1S/C23H21FN2O3/c1-13-8-10-18(23(28)29-4)15(3)20(13)26-22(27)21-14(2)9-11-19(25-21)16-6-5-7-17(24)12-16/h5-12H,1-4H3,(H,26,27). The van der Waals surface area contributed by atoms with E-state index in [1.165, 1.54) is 19.2 Å². The van der Waals surface area contributed by atoms with Gasteiger partial charge in [0, 0.05) is 11.3 Å². The van der Waals surface area contributed by atoms with Gasteiger partial charge in [0.2, 0.25) is 0 Å². The van der Waals surface area contributed by atoms with E-state index in [0.717, 1.165) is 5.56 Å². The molecular weight excluding hydrogens is 371 g/mol. The quantitative estimate of drug-likeness (QED) is 0.645. The van der Waals surface area contributed by atoms with Crippen LogP contribution in [0, 0.1) is 26.6 Å². The van der Waals surface area contributed by atoms with Gasteiger partial charge < -0.3 is 10.1 Å². The van der Waals surface area contributed by atoms with E-state index in [-0.39, 0.29) is 11.5 Å². The van der Waals surface area contributed by atoms with Crippen molar-refractivity contribution >= 4 is 17.6 Å². The van der Waals surface area contributed by atoms with Crippen LogP contribution >= 0.6 is 0 Å². The number of anilines is 1. The molecule has 0 aliphatic rings. The molecule has 1 heterocycles. The van der Waals surface area contributed by atoms with Gasteiger partial charge >= 0.3 is 5.97 Å². The lowest BCUT2D eigenvalue weighted by atomic mass is 10.0. The van der Waals surface area contributed by atoms with E-state index in [1.807, 2.05) is 6.92 Å². The molecule has 2 aromatic carbocycles. The summed E-state index contributed by atoms with van der Waals surface area (Å²) in [6.07, 6.45) is 0. The lowest BCUT2D eigenvalue weighted by Gasteiger charge is -2.15. The molecule has 0 saturated heterocycles. The summed E-state index contributed by atoms with van der Waals surface area (Å²) in [5.74, 6) is -1.25. The molecular formula is C23H21FN2O3. The Labute approximate surface area is 168 Å². The van der Waals surface area contributed by atoms with E-state index in [1.54, 1.807) is 50.2 Å². The first-order chi connectivity index (χ1) is 13.8. The summed E-state index contributed by atoms with van der Waals surface area (Å²) >= 11 is 0. The predicted molar refractivity (Wildman–Crippen MR) is 110 cm³/mol. The van der Waals surface area contributed by atoms with E-state index in [0.29, 0.717) is 33.6 Å². The molecule has 1 aromatic heterocycles. The Morgan fingerprint density at radius 2 is 1.72 bits per heavy atom. The summed E-state index contributed by atoms with van der Waals surface area (Å²) in [4.78, 5) is 29.4. The number of halogens is 1. The minimum atomic E-state index is -0.472. The second kappa shape index (κ2) is 8.22. The molecule has 6 heteroatoms. The zero-order valence-corrected chi connectivity index (χ0v) is 16.7. The maximum Gasteiger partial charge on any atom is 0.338 e. The van der Waals surface area contributed by atoms with Crippen LogP contribution < -0.4 is 5.32 Å². The van der Waals surface area contributed by atoms with Crippen molar-refractivity contribution in [3.05, 3.63) is 82.3 Å². The van der Waals surface area contributed by atoms with Crippen molar-refractivity contribution in [2.45, 2.75) is 20.8 Å². The Hall–Kier alpha value is -3.54. The van der Waals surface area contributed by atoms with Crippen LogP contribution in [0.3, 0.4) is 0 Å². The number of hydrogen-bond donors (Lipinski definition) is 1. The average Bonchev–Trinajstić information content (AvgIpc) is 2.70. The number of rotatable bonds is 4.